The highest BCUT2D eigenvalue weighted by Crippen LogP contribution is 2.26. The van der Waals surface area contributed by atoms with Crippen LogP contribution in [0.4, 0.5) is 0 Å². The maximum absolute atomic E-state index is 11.6. The molecule has 0 radical (unpaired) electrons. The van der Waals surface area contributed by atoms with Crippen LogP contribution in [0.1, 0.15) is 22.8 Å². The Morgan fingerprint density at radius 3 is 2.80 bits per heavy atom. The van der Waals surface area contributed by atoms with Crippen molar-refractivity contribution in [1.82, 2.24) is 0 Å². The number of nitrogens with two attached hydrogens (primary N) is 1. The molecule has 5 heteroatoms. The minimum absolute atomic E-state index is 0.243. The van der Waals surface area contributed by atoms with E-state index in [4.69, 9.17) is 22.1 Å². The number of rotatable bonds is 3. The third-order valence-corrected chi connectivity index (χ3v) is 2.59. The van der Waals surface area contributed by atoms with Crippen LogP contribution in [0.5, 0.6) is 0 Å². The van der Waals surface area contributed by atoms with Crippen LogP contribution in [0.15, 0.2) is 16.6 Å². The largest absolute Gasteiger partial charge is 0.462 e. The number of carbonyl (C=O) groups is 1. The van der Waals surface area contributed by atoms with E-state index in [9.17, 15) is 4.79 Å². The Morgan fingerprint density at radius 2 is 2.27 bits per heavy atom. The van der Waals surface area contributed by atoms with E-state index in [1.54, 1.807) is 19.1 Å². The average Bonchev–Trinajstić information content (AvgIpc) is 2.16. The van der Waals surface area contributed by atoms with E-state index in [0.29, 0.717) is 22.8 Å². The number of ether oxygens (including phenoxy) is 1. The lowest BCUT2D eigenvalue weighted by Gasteiger charge is -2.09. The zero-order valence-corrected chi connectivity index (χ0v) is 10.6. The predicted molar refractivity (Wildman–Crippen MR) is 63.0 cm³/mol. The van der Waals surface area contributed by atoms with Gasteiger partial charge in [-0.1, -0.05) is 27.5 Å². The molecule has 3 nitrogen and oxygen atoms in total. The van der Waals surface area contributed by atoms with Gasteiger partial charge in [0.1, 0.15) is 0 Å². The summed E-state index contributed by atoms with van der Waals surface area (Å²) >= 11 is 9.24. The quantitative estimate of drug-likeness (QED) is 0.872. The van der Waals surface area contributed by atoms with Crippen molar-refractivity contribution < 1.29 is 9.53 Å². The van der Waals surface area contributed by atoms with Gasteiger partial charge in [-0.05, 0) is 24.6 Å². The van der Waals surface area contributed by atoms with Gasteiger partial charge in [0.2, 0.25) is 0 Å². The molecule has 0 aliphatic carbocycles. The van der Waals surface area contributed by atoms with Crippen molar-refractivity contribution in [3.05, 3.63) is 32.8 Å². The summed E-state index contributed by atoms with van der Waals surface area (Å²) in [5, 5.41) is 0.350. The van der Waals surface area contributed by atoms with Crippen molar-refractivity contribution in [1.29, 1.82) is 0 Å². The van der Waals surface area contributed by atoms with Crippen molar-refractivity contribution in [2.75, 3.05) is 6.61 Å². The van der Waals surface area contributed by atoms with Crippen LogP contribution in [0.2, 0.25) is 5.02 Å². The Kier molecular flexibility index (Phi) is 4.57. The summed E-state index contributed by atoms with van der Waals surface area (Å²) in [5.41, 5.74) is 6.56. The van der Waals surface area contributed by atoms with Gasteiger partial charge in [0, 0.05) is 11.0 Å². The van der Waals surface area contributed by atoms with Crippen molar-refractivity contribution in [2.45, 2.75) is 13.5 Å². The number of hydrogen-bond acceptors (Lipinski definition) is 3. The first-order chi connectivity index (χ1) is 7.10. The normalized spacial score (nSPS) is 10.1. The number of halogens is 2. The lowest BCUT2D eigenvalue weighted by molar-refractivity contribution is 0.0525. The second-order valence-electron chi connectivity index (χ2n) is 2.85. The van der Waals surface area contributed by atoms with Crippen molar-refractivity contribution >= 4 is 33.5 Å². The van der Waals surface area contributed by atoms with E-state index in [-0.39, 0.29) is 6.54 Å². The third kappa shape index (κ3) is 2.93. The molecule has 0 unspecified atom stereocenters. The van der Waals surface area contributed by atoms with Gasteiger partial charge in [0.25, 0.3) is 0 Å². The topological polar surface area (TPSA) is 52.3 Å². The zero-order chi connectivity index (χ0) is 11.4. The average molecular weight is 293 g/mol. The monoisotopic (exact) mass is 291 g/mol. The van der Waals surface area contributed by atoms with Crippen LogP contribution in [0, 0.1) is 0 Å². The summed E-state index contributed by atoms with van der Waals surface area (Å²) < 4.78 is 5.69. The Hall–Kier alpha value is -0.580. The second-order valence-corrected chi connectivity index (χ2v) is 4.17. The molecule has 1 aromatic rings. The summed E-state index contributed by atoms with van der Waals surface area (Å²) in [6.45, 7) is 2.30. The van der Waals surface area contributed by atoms with Gasteiger partial charge in [-0.2, -0.15) is 0 Å². The molecule has 0 saturated heterocycles. The molecule has 0 atom stereocenters. The second kappa shape index (κ2) is 5.49. The van der Waals surface area contributed by atoms with Gasteiger partial charge in [-0.3, -0.25) is 0 Å². The molecule has 0 saturated carbocycles. The molecule has 0 fully saturated rings. The Bertz CT molecular complexity index is 382. The van der Waals surface area contributed by atoms with Gasteiger partial charge >= 0.3 is 5.97 Å². The lowest BCUT2D eigenvalue weighted by atomic mass is 10.1. The first-order valence-electron chi connectivity index (χ1n) is 4.45. The molecular formula is C10H11BrClNO2. The highest BCUT2D eigenvalue weighted by molar-refractivity contribution is 9.10. The molecule has 0 aliphatic heterocycles. The summed E-state index contributed by atoms with van der Waals surface area (Å²) in [7, 11) is 0. The van der Waals surface area contributed by atoms with Crippen LogP contribution in [-0.2, 0) is 11.3 Å². The Morgan fingerprint density at radius 1 is 1.60 bits per heavy atom. The number of esters is 1. The van der Waals surface area contributed by atoms with Crippen LogP contribution in [-0.4, -0.2) is 12.6 Å². The number of carbonyl (C=O) groups excluding carboxylic acids is 1. The Labute approximate surface area is 102 Å². The van der Waals surface area contributed by atoms with Crippen LogP contribution in [0.25, 0.3) is 0 Å². The molecule has 82 valence electrons. The first-order valence-corrected chi connectivity index (χ1v) is 5.62. The molecule has 1 rings (SSSR count). The van der Waals surface area contributed by atoms with E-state index in [0.717, 1.165) is 4.47 Å². The minimum Gasteiger partial charge on any atom is -0.462 e. The molecule has 0 heterocycles. The Balaban J connectivity index is 3.20. The predicted octanol–water partition coefficient (Wildman–Crippen LogP) is 2.74. The van der Waals surface area contributed by atoms with Crippen molar-refractivity contribution in [2.24, 2.45) is 5.73 Å². The summed E-state index contributed by atoms with van der Waals surface area (Å²) in [6, 6.07) is 3.41. The maximum Gasteiger partial charge on any atom is 0.339 e. The van der Waals surface area contributed by atoms with Gasteiger partial charge in [-0.15, -0.1) is 0 Å². The standard InChI is InChI=1S/C10H11BrClNO2/c1-2-15-10(14)9-6(5-13)3-7(11)4-8(9)12/h3-4H,2,5,13H2,1H3. The molecule has 0 amide bonds. The third-order valence-electron chi connectivity index (χ3n) is 1.84. The summed E-state index contributed by atoms with van der Waals surface area (Å²) in [4.78, 5) is 11.6. The molecule has 0 aromatic heterocycles. The van der Waals surface area contributed by atoms with E-state index in [1.165, 1.54) is 0 Å². The highest BCUT2D eigenvalue weighted by atomic mass is 79.9. The maximum atomic E-state index is 11.6. The molecule has 15 heavy (non-hydrogen) atoms. The smallest absolute Gasteiger partial charge is 0.339 e. The van der Waals surface area contributed by atoms with Gasteiger partial charge < -0.3 is 10.5 Å². The molecule has 1 aromatic carbocycles. The molecular weight excluding hydrogens is 281 g/mol. The van der Waals surface area contributed by atoms with E-state index in [2.05, 4.69) is 15.9 Å². The summed E-state index contributed by atoms with van der Waals surface area (Å²) in [6.07, 6.45) is 0. The van der Waals surface area contributed by atoms with Crippen LogP contribution in [0.3, 0.4) is 0 Å². The van der Waals surface area contributed by atoms with Gasteiger partial charge in [0.15, 0.2) is 0 Å². The fourth-order valence-electron chi connectivity index (χ4n) is 1.22. The fourth-order valence-corrected chi connectivity index (χ4v) is 2.17. The van der Waals surface area contributed by atoms with E-state index in [1.807, 2.05) is 0 Å². The summed E-state index contributed by atoms with van der Waals surface area (Å²) in [5.74, 6) is -0.435. The molecule has 0 spiro atoms. The fraction of sp³-hybridized carbons (Fsp3) is 0.300. The number of hydrogen-bond donors (Lipinski definition) is 1. The van der Waals surface area contributed by atoms with Gasteiger partial charge in [-0.25, -0.2) is 4.79 Å². The minimum atomic E-state index is -0.435. The lowest BCUT2D eigenvalue weighted by Crippen LogP contribution is -2.11. The zero-order valence-electron chi connectivity index (χ0n) is 8.22. The molecule has 2 N–H and O–H groups in total. The SMILES string of the molecule is CCOC(=O)c1c(Cl)cc(Br)cc1CN. The van der Waals surface area contributed by atoms with Gasteiger partial charge in [0.05, 0.1) is 17.2 Å². The van der Waals surface area contributed by atoms with E-state index < -0.39 is 5.97 Å². The van der Waals surface area contributed by atoms with Crippen molar-refractivity contribution in [3.63, 3.8) is 0 Å². The number of benzene rings is 1. The van der Waals surface area contributed by atoms with Crippen LogP contribution < -0.4 is 5.73 Å². The van der Waals surface area contributed by atoms with E-state index >= 15 is 0 Å². The highest BCUT2D eigenvalue weighted by Gasteiger charge is 2.16. The molecule has 0 aliphatic rings. The first kappa shape index (κ1) is 12.5. The van der Waals surface area contributed by atoms with Crippen molar-refractivity contribution in [3.8, 4) is 0 Å². The molecule has 0 bridgehead atoms. The van der Waals surface area contributed by atoms with Crippen LogP contribution >= 0.6 is 27.5 Å².